The molecular weight excluding hydrogens is 408 g/mol. The molecule has 0 unspecified atom stereocenters. The van der Waals surface area contributed by atoms with Crippen molar-refractivity contribution < 1.29 is 15.0 Å². The number of hydrogen-bond acceptors (Lipinski definition) is 2. The highest BCUT2D eigenvalue weighted by Gasteiger charge is 2.69. The van der Waals surface area contributed by atoms with E-state index in [0.717, 1.165) is 37.5 Å². The SMILES string of the molecule is C[C@H]1[C@H]2C3=CC[C@@H]4[C@@]5(C)CC[C@@H](O)[C@](C)(C(=O)O)[C@@H]5CC[C@@]4(C)[C@]3(C)CC[C@@]2(C)CC[C@@H]1C. The van der Waals surface area contributed by atoms with Crippen molar-refractivity contribution in [2.45, 2.75) is 112 Å². The standard InChI is InChI=1S/C30H48O3/c1-18-10-13-26(3)16-17-28(5)20(24(26)19(18)2)8-9-21-27(4)14-12-23(31)30(7,25(32)33)22(27)11-15-29(21,28)6/h8,18-19,21-24,31H,9-17H2,1-7H3,(H,32,33)/t18-,19+,21+,22+,23+,24-,26+,27+,28+,29+,30+/m0/s1. The molecule has 0 heterocycles. The monoisotopic (exact) mass is 456 g/mol. The third-order valence-electron chi connectivity index (χ3n) is 13.5. The van der Waals surface area contributed by atoms with Gasteiger partial charge in [-0.1, -0.05) is 53.2 Å². The van der Waals surface area contributed by atoms with Gasteiger partial charge in [0.05, 0.1) is 11.5 Å². The van der Waals surface area contributed by atoms with Gasteiger partial charge < -0.3 is 10.2 Å². The van der Waals surface area contributed by atoms with Crippen LogP contribution in [0.4, 0.5) is 0 Å². The Morgan fingerprint density at radius 1 is 0.909 bits per heavy atom. The summed E-state index contributed by atoms with van der Waals surface area (Å²) in [7, 11) is 0. The number of aliphatic hydroxyl groups is 1. The first kappa shape index (κ1) is 23.9. The van der Waals surface area contributed by atoms with Gasteiger partial charge >= 0.3 is 5.97 Å². The lowest BCUT2D eigenvalue weighted by atomic mass is 9.33. The summed E-state index contributed by atoms with van der Waals surface area (Å²) in [4.78, 5) is 12.5. The topological polar surface area (TPSA) is 57.5 Å². The van der Waals surface area contributed by atoms with E-state index in [1.54, 1.807) is 5.57 Å². The molecule has 5 aliphatic carbocycles. The van der Waals surface area contributed by atoms with Gasteiger partial charge in [-0.2, -0.15) is 0 Å². The minimum atomic E-state index is -1.03. The summed E-state index contributed by atoms with van der Waals surface area (Å²) in [6.45, 7) is 17.0. The van der Waals surface area contributed by atoms with Crippen LogP contribution in [-0.2, 0) is 4.79 Å². The fourth-order valence-corrected chi connectivity index (χ4v) is 10.8. The molecule has 3 nitrogen and oxygen atoms in total. The fourth-order valence-electron chi connectivity index (χ4n) is 10.8. The highest BCUT2D eigenvalue weighted by molar-refractivity contribution is 5.76. The van der Waals surface area contributed by atoms with Crippen LogP contribution in [0.25, 0.3) is 0 Å². The molecule has 0 bridgehead atoms. The normalized spacial score (nSPS) is 58.2. The average Bonchev–Trinajstić information content (AvgIpc) is 2.75. The quantitative estimate of drug-likeness (QED) is 0.414. The molecule has 4 fully saturated rings. The molecule has 0 radical (unpaired) electrons. The van der Waals surface area contributed by atoms with Crippen LogP contribution in [0.2, 0.25) is 0 Å². The first-order chi connectivity index (χ1) is 15.3. The van der Waals surface area contributed by atoms with Gasteiger partial charge in [-0.25, -0.2) is 0 Å². The number of allylic oxidation sites excluding steroid dienone is 2. The Hall–Kier alpha value is -0.830. The average molecular weight is 457 g/mol. The molecule has 4 saturated carbocycles. The van der Waals surface area contributed by atoms with Gasteiger partial charge in [0.2, 0.25) is 0 Å². The molecule has 0 aliphatic heterocycles. The minimum Gasteiger partial charge on any atom is -0.481 e. The number of carboxylic acids is 1. The Balaban J connectivity index is 1.60. The summed E-state index contributed by atoms with van der Waals surface area (Å²) in [5.41, 5.74) is 1.56. The summed E-state index contributed by atoms with van der Waals surface area (Å²) in [5.74, 6) is 1.96. The van der Waals surface area contributed by atoms with Crippen molar-refractivity contribution in [3.05, 3.63) is 11.6 Å². The molecule has 0 aromatic rings. The first-order valence-corrected chi connectivity index (χ1v) is 13.9. The van der Waals surface area contributed by atoms with Crippen LogP contribution in [0.5, 0.6) is 0 Å². The summed E-state index contributed by atoms with van der Waals surface area (Å²) in [6, 6.07) is 0. The van der Waals surface area contributed by atoms with E-state index in [2.05, 4.69) is 47.6 Å². The van der Waals surface area contributed by atoms with Gasteiger partial charge in [0.1, 0.15) is 0 Å². The number of carboxylic acid groups (broad SMARTS) is 1. The Kier molecular flexibility index (Phi) is 5.15. The summed E-state index contributed by atoms with van der Waals surface area (Å²) >= 11 is 0. The molecule has 2 N–H and O–H groups in total. The maximum absolute atomic E-state index is 12.5. The zero-order chi connectivity index (χ0) is 24.2. The fraction of sp³-hybridized carbons (Fsp3) is 0.900. The Labute approximate surface area is 201 Å². The van der Waals surface area contributed by atoms with E-state index in [1.807, 2.05) is 6.92 Å². The van der Waals surface area contributed by atoms with Gasteiger partial charge in [-0.3, -0.25) is 4.79 Å². The number of fused-ring (bicyclic) bond motifs is 7. The second-order valence-corrected chi connectivity index (χ2v) is 14.4. The molecular formula is C30H48O3. The molecule has 0 amide bonds. The zero-order valence-electron chi connectivity index (χ0n) is 22.2. The largest absolute Gasteiger partial charge is 0.481 e. The van der Waals surface area contributed by atoms with Gasteiger partial charge in [0.15, 0.2) is 0 Å². The van der Waals surface area contributed by atoms with E-state index in [9.17, 15) is 15.0 Å². The maximum atomic E-state index is 12.5. The van der Waals surface area contributed by atoms with Crippen LogP contribution in [0.3, 0.4) is 0 Å². The van der Waals surface area contributed by atoms with E-state index in [-0.39, 0.29) is 22.2 Å². The molecule has 0 aromatic heterocycles. The van der Waals surface area contributed by atoms with E-state index in [4.69, 9.17) is 0 Å². The van der Waals surface area contributed by atoms with Crippen molar-refractivity contribution in [1.29, 1.82) is 0 Å². The maximum Gasteiger partial charge on any atom is 0.312 e. The summed E-state index contributed by atoms with van der Waals surface area (Å²) in [6.07, 6.45) is 12.0. The molecule has 11 atom stereocenters. The van der Waals surface area contributed by atoms with Crippen LogP contribution >= 0.6 is 0 Å². The number of rotatable bonds is 1. The van der Waals surface area contributed by atoms with E-state index in [1.165, 1.54) is 25.7 Å². The first-order valence-electron chi connectivity index (χ1n) is 13.9. The lowest BCUT2D eigenvalue weighted by Crippen LogP contribution is -2.66. The van der Waals surface area contributed by atoms with Gasteiger partial charge in [-0.05, 0) is 116 Å². The number of aliphatic hydroxyl groups excluding tert-OH is 1. The van der Waals surface area contributed by atoms with Gasteiger partial charge in [0.25, 0.3) is 0 Å². The lowest BCUT2D eigenvalue weighted by Gasteiger charge is -2.71. The number of hydrogen-bond donors (Lipinski definition) is 2. The molecule has 0 aromatic carbocycles. The highest BCUT2D eigenvalue weighted by atomic mass is 16.4. The van der Waals surface area contributed by atoms with Crippen molar-refractivity contribution in [1.82, 2.24) is 0 Å². The third-order valence-corrected chi connectivity index (χ3v) is 13.5. The highest BCUT2D eigenvalue weighted by Crippen LogP contribution is 2.75. The van der Waals surface area contributed by atoms with Crippen molar-refractivity contribution in [2.24, 2.45) is 56.7 Å². The molecule has 186 valence electrons. The van der Waals surface area contributed by atoms with Crippen molar-refractivity contribution in [3.63, 3.8) is 0 Å². The van der Waals surface area contributed by atoms with E-state index < -0.39 is 17.5 Å². The summed E-state index contributed by atoms with van der Waals surface area (Å²) < 4.78 is 0. The van der Waals surface area contributed by atoms with Gasteiger partial charge in [-0.15, -0.1) is 0 Å². The van der Waals surface area contributed by atoms with Crippen LogP contribution in [0, 0.1) is 56.7 Å². The van der Waals surface area contributed by atoms with Crippen LogP contribution in [0.15, 0.2) is 11.6 Å². The lowest BCUT2D eigenvalue weighted by molar-refractivity contribution is -0.217. The van der Waals surface area contributed by atoms with Crippen molar-refractivity contribution >= 4 is 5.97 Å². The second-order valence-electron chi connectivity index (χ2n) is 14.4. The Bertz CT molecular complexity index is 878. The predicted molar refractivity (Wildman–Crippen MR) is 133 cm³/mol. The minimum absolute atomic E-state index is 0.0311. The summed E-state index contributed by atoms with van der Waals surface area (Å²) in [5, 5.41) is 21.1. The predicted octanol–water partition coefficient (Wildman–Crippen LogP) is 7.09. The van der Waals surface area contributed by atoms with Gasteiger partial charge in [0, 0.05) is 0 Å². The molecule has 0 saturated heterocycles. The Morgan fingerprint density at radius 2 is 1.61 bits per heavy atom. The van der Waals surface area contributed by atoms with E-state index in [0.29, 0.717) is 23.7 Å². The Morgan fingerprint density at radius 3 is 2.27 bits per heavy atom. The smallest absolute Gasteiger partial charge is 0.312 e. The molecule has 5 aliphatic rings. The van der Waals surface area contributed by atoms with Crippen molar-refractivity contribution in [3.8, 4) is 0 Å². The molecule has 5 rings (SSSR count). The van der Waals surface area contributed by atoms with Crippen LogP contribution in [0.1, 0.15) is 106 Å². The number of carbonyl (C=O) groups is 1. The molecule has 3 heteroatoms. The number of aliphatic carboxylic acids is 1. The van der Waals surface area contributed by atoms with E-state index >= 15 is 0 Å². The third kappa shape index (κ3) is 2.75. The van der Waals surface area contributed by atoms with Crippen LogP contribution < -0.4 is 0 Å². The van der Waals surface area contributed by atoms with Crippen LogP contribution in [-0.4, -0.2) is 22.3 Å². The molecule has 33 heavy (non-hydrogen) atoms. The second kappa shape index (κ2) is 7.11. The molecule has 0 spiro atoms. The van der Waals surface area contributed by atoms with Crippen molar-refractivity contribution in [2.75, 3.05) is 0 Å². The zero-order valence-corrected chi connectivity index (χ0v) is 22.2.